The number of rotatable bonds is 8. The van der Waals surface area contributed by atoms with Crippen LogP contribution in [0.5, 0.6) is 5.75 Å². The number of benzene rings is 1. The molecule has 1 aliphatic heterocycles. The Labute approximate surface area is 234 Å². The first kappa shape index (κ1) is 26.4. The van der Waals surface area contributed by atoms with E-state index in [9.17, 15) is 4.79 Å². The van der Waals surface area contributed by atoms with E-state index in [-0.39, 0.29) is 24.4 Å². The molecule has 1 amide bonds. The Morgan fingerprint density at radius 3 is 2.56 bits per heavy atom. The van der Waals surface area contributed by atoms with Crippen LogP contribution in [-0.2, 0) is 4.79 Å². The van der Waals surface area contributed by atoms with Gasteiger partial charge in [0.1, 0.15) is 11.6 Å². The van der Waals surface area contributed by atoms with E-state index in [2.05, 4.69) is 63.0 Å². The van der Waals surface area contributed by atoms with Gasteiger partial charge in [-0.3, -0.25) is 9.78 Å². The molecule has 200 valence electrons. The molecule has 2 atom stereocenters. The van der Waals surface area contributed by atoms with Crippen LogP contribution in [0, 0.1) is 20.8 Å². The van der Waals surface area contributed by atoms with Crippen LogP contribution in [0.1, 0.15) is 46.7 Å². The van der Waals surface area contributed by atoms with E-state index in [1.54, 1.807) is 13.3 Å². The Bertz CT molecular complexity index is 1500. The molecule has 1 fully saturated rings. The van der Waals surface area contributed by atoms with E-state index in [0.29, 0.717) is 23.1 Å². The lowest BCUT2D eigenvalue weighted by Gasteiger charge is -2.28. The van der Waals surface area contributed by atoms with Crippen molar-refractivity contribution in [2.75, 3.05) is 19.0 Å². The van der Waals surface area contributed by atoms with Crippen LogP contribution in [0.2, 0.25) is 0 Å². The van der Waals surface area contributed by atoms with Gasteiger partial charge in [0.25, 0.3) is 0 Å². The third kappa shape index (κ3) is 5.22. The predicted octanol–water partition coefficient (Wildman–Crippen LogP) is 5.20. The van der Waals surface area contributed by atoms with Gasteiger partial charge in [-0.05, 0) is 80.5 Å². The van der Waals surface area contributed by atoms with Crippen LogP contribution in [0.25, 0.3) is 5.82 Å². The fourth-order valence-corrected chi connectivity index (χ4v) is 5.62. The van der Waals surface area contributed by atoms with Crippen LogP contribution >= 0.6 is 12.2 Å². The number of ether oxygens (including phenoxy) is 1. The van der Waals surface area contributed by atoms with Crippen molar-refractivity contribution in [1.82, 2.24) is 24.8 Å². The summed E-state index contributed by atoms with van der Waals surface area (Å²) in [4.78, 5) is 24.4. The molecule has 4 heterocycles. The Hall–Kier alpha value is -4.24. The fourth-order valence-electron chi connectivity index (χ4n) is 5.29. The van der Waals surface area contributed by atoms with Crippen LogP contribution in [0.4, 0.5) is 5.69 Å². The summed E-state index contributed by atoms with van der Waals surface area (Å²) in [5.74, 6) is 1.41. The standard InChI is InChI=1S/C30H32N6O2S/c1-19-10-9-16-32-29(19)36-20(2)18-22(21(36)3)28-27(24-12-7-8-15-31-24)34-30(39)35(28)17-14-26(37)33-23-11-5-6-13-25(23)38-4/h5-13,15-16,18,27-28H,14,17H2,1-4H3,(H,33,37)(H,34,39)/t27-,28-/m1/s1. The molecule has 1 saturated heterocycles. The number of pyridine rings is 2. The number of aromatic nitrogens is 3. The number of carbonyl (C=O) groups is 1. The summed E-state index contributed by atoms with van der Waals surface area (Å²) in [5.41, 5.74) is 5.91. The molecule has 9 heteroatoms. The largest absolute Gasteiger partial charge is 0.495 e. The van der Waals surface area contributed by atoms with Gasteiger partial charge in [-0.2, -0.15) is 0 Å². The second-order valence-corrected chi connectivity index (χ2v) is 10.0. The monoisotopic (exact) mass is 540 g/mol. The second kappa shape index (κ2) is 11.2. The summed E-state index contributed by atoms with van der Waals surface area (Å²) in [6, 6.07) is 19.2. The molecule has 0 saturated carbocycles. The highest BCUT2D eigenvalue weighted by Gasteiger charge is 2.41. The molecule has 3 aromatic heterocycles. The van der Waals surface area contributed by atoms with E-state index in [1.807, 2.05) is 54.7 Å². The zero-order valence-corrected chi connectivity index (χ0v) is 23.3. The normalized spacial score (nSPS) is 16.7. The van der Waals surface area contributed by atoms with Gasteiger partial charge >= 0.3 is 0 Å². The molecule has 0 unspecified atom stereocenters. The number of nitrogens with one attached hydrogen (secondary N) is 2. The number of carbonyl (C=O) groups excluding carboxylic acids is 1. The number of anilines is 1. The van der Waals surface area contributed by atoms with Crippen molar-refractivity contribution in [2.24, 2.45) is 0 Å². The Morgan fingerprint density at radius 2 is 1.82 bits per heavy atom. The average Bonchev–Trinajstić information content (AvgIpc) is 3.42. The zero-order chi connectivity index (χ0) is 27.5. The maximum Gasteiger partial charge on any atom is 0.226 e. The van der Waals surface area contributed by atoms with E-state index < -0.39 is 0 Å². The number of thiocarbonyl (C=S) groups is 1. The SMILES string of the molecule is COc1ccccc1NC(=O)CCN1C(=S)N[C@H](c2ccccn2)[C@H]1c1cc(C)n(-c2ncccc2C)c1C. The molecule has 2 N–H and O–H groups in total. The second-order valence-electron chi connectivity index (χ2n) is 9.62. The first-order valence-corrected chi connectivity index (χ1v) is 13.3. The van der Waals surface area contributed by atoms with Crippen molar-refractivity contribution in [3.05, 3.63) is 101 Å². The van der Waals surface area contributed by atoms with Gasteiger partial charge in [0.2, 0.25) is 5.91 Å². The van der Waals surface area contributed by atoms with E-state index in [0.717, 1.165) is 34.0 Å². The summed E-state index contributed by atoms with van der Waals surface area (Å²) >= 11 is 5.83. The Morgan fingerprint density at radius 1 is 1.05 bits per heavy atom. The van der Waals surface area contributed by atoms with Crippen molar-refractivity contribution >= 4 is 28.9 Å². The number of methoxy groups -OCH3 is 1. The van der Waals surface area contributed by atoms with Crippen LogP contribution in [0.3, 0.4) is 0 Å². The lowest BCUT2D eigenvalue weighted by atomic mass is 9.96. The average molecular weight is 541 g/mol. The van der Waals surface area contributed by atoms with E-state index in [1.165, 1.54) is 0 Å². The van der Waals surface area contributed by atoms with Gasteiger partial charge in [0.05, 0.1) is 30.6 Å². The summed E-state index contributed by atoms with van der Waals surface area (Å²) in [6.45, 7) is 6.70. The highest BCUT2D eigenvalue weighted by molar-refractivity contribution is 7.80. The highest BCUT2D eigenvalue weighted by atomic mass is 32.1. The third-order valence-corrected chi connectivity index (χ3v) is 7.49. The number of hydrogen-bond acceptors (Lipinski definition) is 5. The topological polar surface area (TPSA) is 84.3 Å². The maximum atomic E-state index is 13.0. The first-order chi connectivity index (χ1) is 18.9. The molecule has 5 rings (SSSR count). The Kier molecular flexibility index (Phi) is 7.60. The minimum atomic E-state index is -0.172. The van der Waals surface area contributed by atoms with Gasteiger partial charge in [-0.15, -0.1) is 0 Å². The summed E-state index contributed by atoms with van der Waals surface area (Å²) in [6.07, 6.45) is 3.86. The van der Waals surface area contributed by atoms with Gasteiger partial charge in [-0.25, -0.2) is 4.98 Å². The molecule has 8 nitrogen and oxygen atoms in total. The number of nitrogens with zero attached hydrogens (tertiary/aromatic N) is 4. The molecule has 1 aliphatic rings. The summed E-state index contributed by atoms with van der Waals surface area (Å²) in [7, 11) is 1.59. The van der Waals surface area contributed by atoms with Gasteiger partial charge in [0, 0.05) is 36.7 Å². The third-order valence-electron chi connectivity index (χ3n) is 7.14. The molecule has 0 bridgehead atoms. The van der Waals surface area contributed by atoms with Crippen LogP contribution in [-0.4, -0.2) is 44.1 Å². The van der Waals surface area contributed by atoms with E-state index in [4.69, 9.17) is 17.0 Å². The Balaban J connectivity index is 1.47. The minimum absolute atomic E-state index is 0.114. The maximum absolute atomic E-state index is 13.0. The van der Waals surface area contributed by atoms with Gasteiger partial charge < -0.3 is 24.8 Å². The zero-order valence-electron chi connectivity index (χ0n) is 22.5. The van der Waals surface area contributed by atoms with Crippen molar-refractivity contribution in [3.8, 4) is 11.6 Å². The summed E-state index contributed by atoms with van der Waals surface area (Å²) < 4.78 is 7.57. The molecule has 0 aliphatic carbocycles. The first-order valence-electron chi connectivity index (χ1n) is 12.9. The quantitative estimate of drug-likeness (QED) is 0.297. The van der Waals surface area contributed by atoms with Crippen molar-refractivity contribution in [1.29, 1.82) is 0 Å². The molecule has 0 spiro atoms. The smallest absolute Gasteiger partial charge is 0.226 e. The van der Waals surface area contributed by atoms with Crippen molar-refractivity contribution < 1.29 is 9.53 Å². The molecule has 1 aromatic carbocycles. The van der Waals surface area contributed by atoms with E-state index >= 15 is 0 Å². The lowest BCUT2D eigenvalue weighted by Crippen LogP contribution is -2.33. The van der Waals surface area contributed by atoms with Crippen LogP contribution < -0.4 is 15.4 Å². The van der Waals surface area contributed by atoms with Crippen molar-refractivity contribution in [3.63, 3.8) is 0 Å². The molecule has 0 radical (unpaired) electrons. The highest BCUT2D eigenvalue weighted by Crippen LogP contribution is 2.41. The van der Waals surface area contributed by atoms with Crippen LogP contribution in [0.15, 0.2) is 73.1 Å². The number of aryl methyl sites for hydroxylation is 2. The predicted molar refractivity (Wildman–Crippen MR) is 156 cm³/mol. The number of amides is 1. The lowest BCUT2D eigenvalue weighted by molar-refractivity contribution is -0.116. The number of hydrogen-bond donors (Lipinski definition) is 2. The fraction of sp³-hybridized carbons (Fsp3) is 0.267. The molecule has 4 aromatic rings. The van der Waals surface area contributed by atoms with Crippen molar-refractivity contribution in [2.45, 2.75) is 39.3 Å². The summed E-state index contributed by atoms with van der Waals surface area (Å²) in [5, 5.41) is 7.05. The van der Waals surface area contributed by atoms with Gasteiger partial charge in [-0.1, -0.05) is 24.3 Å². The minimum Gasteiger partial charge on any atom is -0.495 e. The molecular formula is C30H32N6O2S. The number of para-hydroxylation sites is 2. The van der Waals surface area contributed by atoms with Gasteiger partial charge in [0.15, 0.2) is 5.11 Å². The molecular weight excluding hydrogens is 508 g/mol. The molecule has 39 heavy (non-hydrogen) atoms.